The van der Waals surface area contributed by atoms with Crippen molar-refractivity contribution in [2.75, 3.05) is 40.5 Å². The van der Waals surface area contributed by atoms with Crippen molar-refractivity contribution in [2.45, 2.75) is 13.3 Å². The van der Waals surface area contributed by atoms with E-state index in [1.54, 1.807) is 14.2 Å². The number of methoxy groups -OCH3 is 2. The van der Waals surface area contributed by atoms with Crippen LogP contribution in [0.3, 0.4) is 0 Å². The zero-order valence-corrected chi connectivity index (χ0v) is 8.85. The Morgan fingerprint density at radius 2 is 1.46 bits per heavy atom. The average Bonchev–Trinajstić information content (AvgIpc) is 2.16. The fourth-order valence-electron chi connectivity index (χ4n) is 0.920. The number of nitrogens with one attached hydrogen (secondary N) is 2. The highest BCUT2D eigenvalue weighted by Crippen LogP contribution is 1.93. The minimum atomic E-state index is 0.732. The van der Waals surface area contributed by atoms with Crippen molar-refractivity contribution in [3.63, 3.8) is 0 Å². The molecule has 0 aromatic heterocycles. The second-order valence-electron chi connectivity index (χ2n) is 2.67. The maximum absolute atomic E-state index is 4.93. The summed E-state index contributed by atoms with van der Waals surface area (Å²) >= 11 is 0. The van der Waals surface area contributed by atoms with Gasteiger partial charge in [0.2, 0.25) is 0 Å². The molecule has 0 aliphatic heterocycles. The van der Waals surface area contributed by atoms with Gasteiger partial charge in [-0.1, -0.05) is 6.92 Å². The van der Waals surface area contributed by atoms with Crippen LogP contribution in [0.15, 0.2) is 0 Å². The monoisotopic (exact) mass is 189 g/mol. The van der Waals surface area contributed by atoms with E-state index in [1.165, 1.54) is 0 Å². The quantitative estimate of drug-likeness (QED) is 0.514. The maximum atomic E-state index is 4.93. The molecule has 0 rings (SSSR count). The summed E-state index contributed by atoms with van der Waals surface area (Å²) in [5.41, 5.74) is 0. The van der Waals surface area contributed by atoms with Crippen LogP contribution in [0.4, 0.5) is 0 Å². The van der Waals surface area contributed by atoms with Crippen molar-refractivity contribution in [1.82, 2.24) is 10.6 Å². The molecule has 0 aliphatic rings. The summed E-state index contributed by atoms with van der Waals surface area (Å²) in [5.74, 6) is 0. The fourth-order valence-corrected chi connectivity index (χ4v) is 0.920. The first kappa shape index (κ1) is 12.8. The molecule has 2 N–H and O–H groups in total. The van der Waals surface area contributed by atoms with Crippen LogP contribution in [-0.2, 0) is 9.47 Å². The SMILES string of the molecule is CC[C](NCCOC)NCCOC. The Morgan fingerprint density at radius 1 is 1.00 bits per heavy atom. The molecule has 79 valence electrons. The van der Waals surface area contributed by atoms with Crippen molar-refractivity contribution in [2.24, 2.45) is 0 Å². The first-order chi connectivity index (χ1) is 6.35. The molecule has 0 spiro atoms. The van der Waals surface area contributed by atoms with Gasteiger partial charge in [0.15, 0.2) is 0 Å². The third-order valence-electron chi connectivity index (χ3n) is 1.64. The second kappa shape index (κ2) is 9.92. The van der Waals surface area contributed by atoms with E-state index in [9.17, 15) is 0 Å². The normalized spacial score (nSPS) is 11.1. The Labute approximate surface area is 81.0 Å². The Bertz CT molecular complexity index is 91.6. The average molecular weight is 189 g/mol. The van der Waals surface area contributed by atoms with Gasteiger partial charge in [0.05, 0.1) is 13.2 Å². The van der Waals surface area contributed by atoms with Gasteiger partial charge in [-0.3, -0.25) is 10.6 Å². The predicted octanol–water partition coefficient (Wildman–Crippen LogP) is 0.358. The first-order valence-electron chi connectivity index (χ1n) is 4.66. The number of ether oxygens (including phenoxy) is 2. The molecular formula is C9H21N2O2. The highest BCUT2D eigenvalue weighted by atomic mass is 16.5. The van der Waals surface area contributed by atoms with Gasteiger partial charge in [-0.15, -0.1) is 0 Å². The Hall–Kier alpha value is -0.160. The van der Waals surface area contributed by atoms with E-state index < -0.39 is 0 Å². The standard InChI is InChI=1S/C9H21N2O2/c1-4-9(10-5-7-12-2)11-6-8-13-3/h10-11H,4-8H2,1-3H3. The van der Waals surface area contributed by atoms with Crippen LogP contribution in [0.25, 0.3) is 0 Å². The van der Waals surface area contributed by atoms with Gasteiger partial charge >= 0.3 is 0 Å². The van der Waals surface area contributed by atoms with Crippen LogP contribution in [0.1, 0.15) is 13.3 Å². The van der Waals surface area contributed by atoms with Crippen LogP contribution < -0.4 is 10.6 Å². The molecule has 0 fully saturated rings. The lowest BCUT2D eigenvalue weighted by molar-refractivity contribution is 0.191. The van der Waals surface area contributed by atoms with Crippen LogP contribution >= 0.6 is 0 Å². The smallest absolute Gasteiger partial charge is 0.101 e. The minimum absolute atomic E-state index is 0.732. The molecule has 0 heterocycles. The molecule has 0 unspecified atom stereocenters. The zero-order valence-electron chi connectivity index (χ0n) is 8.85. The van der Waals surface area contributed by atoms with E-state index >= 15 is 0 Å². The predicted molar refractivity (Wildman–Crippen MR) is 53.3 cm³/mol. The van der Waals surface area contributed by atoms with Crippen LogP contribution in [0.5, 0.6) is 0 Å². The molecule has 0 saturated carbocycles. The van der Waals surface area contributed by atoms with Gasteiger partial charge in [0.25, 0.3) is 0 Å². The van der Waals surface area contributed by atoms with Gasteiger partial charge in [0, 0.05) is 27.3 Å². The third-order valence-corrected chi connectivity index (χ3v) is 1.64. The molecular weight excluding hydrogens is 168 g/mol. The van der Waals surface area contributed by atoms with Crippen molar-refractivity contribution >= 4 is 0 Å². The van der Waals surface area contributed by atoms with E-state index in [-0.39, 0.29) is 0 Å². The number of rotatable bonds is 9. The lowest BCUT2D eigenvalue weighted by atomic mass is 10.3. The van der Waals surface area contributed by atoms with Crippen molar-refractivity contribution in [1.29, 1.82) is 0 Å². The molecule has 0 atom stereocenters. The lowest BCUT2D eigenvalue weighted by Gasteiger charge is -2.16. The Balaban J connectivity index is 3.28. The van der Waals surface area contributed by atoms with Gasteiger partial charge in [-0.2, -0.15) is 0 Å². The lowest BCUT2D eigenvalue weighted by Crippen LogP contribution is -2.37. The fraction of sp³-hybridized carbons (Fsp3) is 0.889. The Kier molecular flexibility index (Phi) is 9.80. The topological polar surface area (TPSA) is 42.5 Å². The summed E-state index contributed by atoms with van der Waals surface area (Å²) < 4.78 is 9.87. The Morgan fingerprint density at radius 3 is 1.77 bits per heavy atom. The molecule has 0 amide bonds. The second-order valence-corrected chi connectivity index (χ2v) is 2.67. The van der Waals surface area contributed by atoms with Gasteiger partial charge in [-0.25, -0.2) is 0 Å². The highest BCUT2D eigenvalue weighted by Gasteiger charge is 2.03. The summed E-state index contributed by atoms with van der Waals surface area (Å²) in [6.07, 6.45) is 2.13. The molecule has 0 bridgehead atoms. The third kappa shape index (κ3) is 8.18. The molecule has 4 nitrogen and oxygen atoms in total. The van der Waals surface area contributed by atoms with Gasteiger partial charge < -0.3 is 9.47 Å². The molecule has 13 heavy (non-hydrogen) atoms. The maximum Gasteiger partial charge on any atom is 0.101 e. The molecule has 1 radical (unpaired) electrons. The highest BCUT2D eigenvalue weighted by molar-refractivity contribution is 4.81. The molecule has 0 aromatic rings. The van der Waals surface area contributed by atoms with Gasteiger partial charge in [-0.05, 0) is 6.42 Å². The van der Waals surface area contributed by atoms with E-state index in [4.69, 9.17) is 9.47 Å². The van der Waals surface area contributed by atoms with Gasteiger partial charge in [0.1, 0.15) is 6.17 Å². The van der Waals surface area contributed by atoms with Crippen LogP contribution in [0.2, 0.25) is 0 Å². The molecule has 0 saturated heterocycles. The van der Waals surface area contributed by atoms with Crippen molar-refractivity contribution in [3.05, 3.63) is 6.17 Å². The molecule has 0 aromatic carbocycles. The van der Waals surface area contributed by atoms with E-state index in [0.717, 1.165) is 38.9 Å². The summed E-state index contributed by atoms with van der Waals surface area (Å²) in [4.78, 5) is 0. The van der Waals surface area contributed by atoms with Crippen LogP contribution in [-0.4, -0.2) is 40.5 Å². The first-order valence-corrected chi connectivity index (χ1v) is 4.66. The summed E-state index contributed by atoms with van der Waals surface area (Å²) in [6.45, 7) is 5.26. The zero-order chi connectivity index (χ0) is 9.94. The summed E-state index contributed by atoms with van der Waals surface area (Å²) in [7, 11) is 3.40. The summed E-state index contributed by atoms with van der Waals surface area (Å²) in [5, 5.41) is 6.51. The van der Waals surface area contributed by atoms with Crippen LogP contribution in [0, 0.1) is 6.17 Å². The van der Waals surface area contributed by atoms with E-state index in [2.05, 4.69) is 17.6 Å². The number of hydrogen-bond donors (Lipinski definition) is 2. The largest absolute Gasteiger partial charge is 0.383 e. The van der Waals surface area contributed by atoms with Crippen molar-refractivity contribution in [3.8, 4) is 0 Å². The van der Waals surface area contributed by atoms with Crippen molar-refractivity contribution < 1.29 is 9.47 Å². The van der Waals surface area contributed by atoms with E-state index in [1.807, 2.05) is 0 Å². The molecule has 4 heteroatoms. The van der Waals surface area contributed by atoms with E-state index in [0.29, 0.717) is 0 Å². The number of hydrogen-bond acceptors (Lipinski definition) is 4. The summed E-state index contributed by atoms with van der Waals surface area (Å²) in [6, 6.07) is 0. The minimum Gasteiger partial charge on any atom is -0.383 e. The molecule has 0 aliphatic carbocycles.